The predicted octanol–water partition coefficient (Wildman–Crippen LogP) is 0.100. The maximum Gasteiger partial charge on any atom is 0.240 e. The molecule has 0 aromatic heterocycles. The number of hydrogen-bond donors (Lipinski definition) is 2. The Morgan fingerprint density at radius 1 is 1.44 bits per heavy atom. The number of nitrogens with zero attached hydrogens (tertiary/aromatic N) is 1. The highest BCUT2D eigenvalue weighted by atomic mass is 32.2. The van der Waals surface area contributed by atoms with Crippen LogP contribution in [-0.4, -0.2) is 20.4 Å². The van der Waals surface area contributed by atoms with Crippen molar-refractivity contribution >= 4 is 15.9 Å². The van der Waals surface area contributed by atoms with Crippen LogP contribution in [0.4, 0.5) is 0 Å². The molecule has 0 aliphatic carbocycles. The van der Waals surface area contributed by atoms with Crippen molar-refractivity contribution < 1.29 is 13.2 Å². The van der Waals surface area contributed by atoms with Gasteiger partial charge in [0.15, 0.2) is 0 Å². The van der Waals surface area contributed by atoms with Crippen molar-refractivity contribution in [3.8, 4) is 6.07 Å². The smallest absolute Gasteiger partial charge is 0.240 e. The van der Waals surface area contributed by atoms with Crippen LogP contribution in [0, 0.1) is 11.3 Å². The molecule has 1 aromatic rings. The third-order valence-electron chi connectivity index (χ3n) is 2.16. The maximum atomic E-state index is 11.9. The molecule has 96 valence electrons. The third kappa shape index (κ3) is 3.84. The molecule has 0 aliphatic rings. The lowest BCUT2D eigenvalue weighted by Crippen LogP contribution is -2.35. The number of sulfonamides is 1. The number of amides is 1. The van der Waals surface area contributed by atoms with E-state index in [0.29, 0.717) is 5.56 Å². The van der Waals surface area contributed by atoms with E-state index < -0.39 is 22.0 Å². The standard InChI is InChI=1S/C11H13N3O3S/c1-8(6-11(13)15)14-18(16,17)10-4-2-9(7-12)3-5-10/h2-5,8,14H,6H2,1H3,(H2,13,15). The second-order valence-corrected chi connectivity index (χ2v) is 5.54. The largest absolute Gasteiger partial charge is 0.370 e. The molecule has 0 spiro atoms. The van der Waals surface area contributed by atoms with Crippen LogP contribution in [0.2, 0.25) is 0 Å². The van der Waals surface area contributed by atoms with Crippen molar-refractivity contribution in [2.24, 2.45) is 5.73 Å². The number of benzene rings is 1. The Hall–Kier alpha value is -1.91. The van der Waals surface area contributed by atoms with Crippen LogP contribution < -0.4 is 10.5 Å². The van der Waals surface area contributed by atoms with Crippen LogP contribution in [0.15, 0.2) is 29.2 Å². The minimum Gasteiger partial charge on any atom is -0.370 e. The van der Waals surface area contributed by atoms with Gasteiger partial charge >= 0.3 is 0 Å². The number of nitriles is 1. The predicted molar refractivity (Wildman–Crippen MR) is 64.8 cm³/mol. The van der Waals surface area contributed by atoms with Crippen molar-refractivity contribution in [2.75, 3.05) is 0 Å². The first-order valence-corrected chi connectivity index (χ1v) is 6.64. The van der Waals surface area contributed by atoms with Crippen molar-refractivity contribution in [2.45, 2.75) is 24.3 Å². The topological polar surface area (TPSA) is 113 Å². The van der Waals surface area contributed by atoms with Gasteiger partial charge < -0.3 is 5.73 Å². The van der Waals surface area contributed by atoms with E-state index >= 15 is 0 Å². The number of hydrogen-bond acceptors (Lipinski definition) is 4. The lowest BCUT2D eigenvalue weighted by atomic mass is 10.2. The first-order valence-electron chi connectivity index (χ1n) is 5.16. The quantitative estimate of drug-likeness (QED) is 0.787. The second kappa shape index (κ2) is 5.62. The number of carbonyl (C=O) groups excluding carboxylic acids is 1. The molecule has 0 radical (unpaired) electrons. The van der Waals surface area contributed by atoms with Crippen LogP contribution in [0.1, 0.15) is 18.9 Å². The van der Waals surface area contributed by atoms with Gasteiger partial charge in [-0.15, -0.1) is 0 Å². The Morgan fingerprint density at radius 3 is 2.44 bits per heavy atom. The summed E-state index contributed by atoms with van der Waals surface area (Å²) in [5.41, 5.74) is 5.35. The van der Waals surface area contributed by atoms with Crippen LogP contribution >= 0.6 is 0 Å². The molecule has 3 N–H and O–H groups in total. The van der Waals surface area contributed by atoms with E-state index in [4.69, 9.17) is 11.0 Å². The molecule has 1 atom stereocenters. The fourth-order valence-electron chi connectivity index (χ4n) is 1.38. The monoisotopic (exact) mass is 267 g/mol. The van der Waals surface area contributed by atoms with Gasteiger partial charge in [0.2, 0.25) is 15.9 Å². The van der Waals surface area contributed by atoms with E-state index in [2.05, 4.69) is 4.72 Å². The summed E-state index contributed by atoms with van der Waals surface area (Å²) < 4.78 is 26.1. The Kier molecular flexibility index (Phi) is 4.42. The molecule has 0 saturated carbocycles. The number of primary amides is 1. The van der Waals surface area contributed by atoms with Gasteiger partial charge in [-0.25, -0.2) is 13.1 Å². The normalized spacial score (nSPS) is 12.7. The van der Waals surface area contributed by atoms with Crippen LogP contribution in [0.5, 0.6) is 0 Å². The van der Waals surface area contributed by atoms with Crippen molar-refractivity contribution in [3.63, 3.8) is 0 Å². The zero-order valence-corrected chi connectivity index (χ0v) is 10.6. The SMILES string of the molecule is CC(CC(N)=O)NS(=O)(=O)c1ccc(C#N)cc1. The van der Waals surface area contributed by atoms with Crippen molar-refractivity contribution in [3.05, 3.63) is 29.8 Å². The molecule has 6 nitrogen and oxygen atoms in total. The van der Waals surface area contributed by atoms with E-state index in [-0.39, 0.29) is 11.3 Å². The average molecular weight is 267 g/mol. The minimum atomic E-state index is -3.70. The van der Waals surface area contributed by atoms with E-state index in [9.17, 15) is 13.2 Å². The van der Waals surface area contributed by atoms with Crippen molar-refractivity contribution in [1.29, 1.82) is 5.26 Å². The fraction of sp³-hybridized carbons (Fsp3) is 0.273. The molecule has 0 saturated heterocycles. The molecular weight excluding hydrogens is 254 g/mol. The summed E-state index contributed by atoms with van der Waals surface area (Å²) in [5, 5.41) is 8.61. The van der Waals surface area contributed by atoms with Gasteiger partial charge in [0.05, 0.1) is 16.5 Å². The average Bonchev–Trinajstić information content (AvgIpc) is 2.27. The van der Waals surface area contributed by atoms with E-state index in [0.717, 1.165) is 0 Å². The van der Waals surface area contributed by atoms with E-state index in [1.807, 2.05) is 6.07 Å². The van der Waals surface area contributed by atoms with Crippen LogP contribution in [0.3, 0.4) is 0 Å². The Morgan fingerprint density at radius 2 is 2.00 bits per heavy atom. The number of rotatable bonds is 5. The minimum absolute atomic E-state index is 0.0396. The van der Waals surface area contributed by atoms with Gasteiger partial charge in [-0.1, -0.05) is 0 Å². The summed E-state index contributed by atoms with van der Waals surface area (Å²) in [4.78, 5) is 10.7. The summed E-state index contributed by atoms with van der Waals surface area (Å²) in [6, 6.07) is 6.80. The van der Waals surface area contributed by atoms with Gasteiger partial charge in [-0.3, -0.25) is 4.79 Å². The summed E-state index contributed by atoms with van der Waals surface area (Å²) in [6.07, 6.45) is -0.0739. The molecule has 1 rings (SSSR count). The van der Waals surface area contributed by atoms with Gasteiger partial charge in [-0.05, 0) is 31.2 Å². The number of nitrogens with two attached hydrogens (primary N) is 1. The van der Waals surface area contributed by atoms with Crippen molar-refractivity contribution in [1.82, 2.24) is 4.72 Å². The number of nitrogens with one attached hydrogen (secondary N) is 1. The second-order valence-electron chi connectivity index (χ2n) is 3.83. The highest BCUT2D eigenvalue weighted by molar-refractivity contribution is 7.89. The molecule has 0 bridgehead atoms. The Balaban J connectivity index is 2.86. The van der Waals surface area contributed by atoms with Crippen LogP contribution in [0.25, 0.3) is 0 Å². The van der Waals surface area contributed by atoms with E-state index in [1.54, 1.807) is 6.92 Å². The van der Waals surface area contributed by atoms with Gasteiger partial charge in [0, 0.05) is 12.5 Å². The molecule has 1 unspecified atom stereocenters. The molecular formula is C11H13N3O3S. The molecule has 18 heavy (non-hydrogen) atoms. The zero-order valence-electron chi connectivity index (χ0n) is 9.75. The molecule has 0 aliphatic heterocycles. The molecule has 7 heteroatoms. The first kappa shape index (κ1) is 14.2. The van der Waals surface area contributed by atoms with Gasteiger partial charge in [0.1, 0.15) is 0 Å². The summed E-state index contributed by atoms with van der Waals surface area (Å²) in [6.45, 7) is 1.55. The highest BCUT2D eigenvalue weighted by Crippen LogP contribution is 2.11. The molecule has 0 fully saturated rings. The lowest BCUT2D eigenvalue weighted by molar-refractivity contribution is -0.118. The summed E-state index contributed by atoms with van der Waals surface area (Å²) in [7, 11) is -3.70. The lowest BCUT2D eigenvalue weighted by Gasteiger charge is -2.12. The Bertz CT molecular complexity index is 573. The molecule has 0 heterocycles. The zero-order chi connectivity index (χ0) is 13.8. The summed E-state index contributed by atoms with van der Waals surface area (Å²) in [5.74, 6) is -0.579. The molecule has 1 aromatic carbocycles. The van der Waals surface area contributed by atoms with Gasteiger partial charge in [0.25, 0.3) is 0 Å². The Labute approximate surface area is 105 Å². The van der Waals surface area contributed by atoms with E-state index in [1.165, 1.54) is 24.3 Å². The first-order chi connectivity index (χ1) is 8.35. The van der Waals surface area contributed by atoms with Gasteiger partial charge in [-0.2, -0.15) is 5.26 Å². The summed E-state index contributed by atoms with van der Waals surface area (Å²) >= 11 is 0. The maximum absolute atomic E-state index is 11.9. The molecule has 1 amide bonds. The highest BCUT2D eigenvalue weighted by Gasteiger charge is 2.18. The third-order valence-corrected chi connectivity index (χ3v) is 3.76. The fourth-order valence-corrected chi connectivity index (χ4v) is 2.63. The number of carbonyl (C=O) groups is 1. The van der Waals surface area contributed by atoms with Crippen LogP contribution in [-0.2, 0) is 14.8 Å².